The third-order valence-corrected chi connectivity index (χ3v) is 6.26. The summed E-state index contributed by atoms with van der Waals surface area (Å²) < 4.78 is 23.6. The molecule has 0 unspecified atom stereocenters. The van der Waals surface area contributed by atoms with Crippen LogP contribution in [0.15, 0.2) is 30.3 Å². The first-order chi connectivity index (χ1) is 8.00. The van der Waals surface area contributed by atoms with Crippen molar-refractivity contribution in [3.63, 3.8) is 0 Å². The van der Waals surface area contributed by atoms with Gasteiger partial charge in [0.1, 0.15) is 0 Å². The minimum Gasteiger partial charge on any atom is -0.228 e. The highest BCUT2D eigenvalue weighted by atomic mass is 32.2. The second-order valence-corrected chi connectivity index (χ2v) is 7.78. The molecular weight excluding hydrogens is 254 g/mol. The number of benzene rings is 1. The van der Waals surface area contributed by atoms with Crippen LogP contribution in [0.5, 0.6) is 0 Å². The molecule has 2 N–H and O–H groups in total. The molecule has 1 aliphatic carbocycles. The number of hydrogen-bond acceptors (Lipinski definition) is 3. The number of primary sulfonamides is 1. The van der Waals surface area contributed by atoms with Crippen molar-refractivity contribution in [2.24, 2.45) is 5.14 Å². The van der Waals surface area contributed by atoms with Crippen molar-refractivity contribution in [1.29, 1.82) is 0 Å². The van der Waals surface area contributed by atoms with Crippen molar-refractivity contribution in [1.82, 2.24) is 0 Å². The van der Waals surface area contributed by atoms with Crippen molar-refractivity contribution in [2.45, 2.75) is 24.0 Å². The molecule has 3 rings (SSSR count). The van der Waals surface area contributed by atoms with Crippen molar-refractivity contribution in [3.05, 3.63) is 35.2 Å². The highest BCUT2D eigenvalue weighted by Crippen LogP contribution is 2.46. The van der Waals surface area contributed by atoms with E-state index in [2.05, 4.69) is 12.1 Å². The zero-order valence-corrected chi connectivity index (χ0v) is 10.9. The normalized spacial score (nSPS) is 18.4. The number of hydrogen-bond donors (Lipinski definition) is 1. The fraction of sp³-hybridized carbons (Fsp3) is 0.333. The monoisotopic (exact) mass is 267 g/mol. The molecule has 1 heterocycles. The molecule has 90 valence electrons. The first kappa shape index (κ1) is 11.2. The summed E-state index contributed by atoms with van der Waals surface area (Å²) in [5.41, 5.74) is 0. The zero-order valence-electron chi connectivity index (χ0n) is 9.22. The van der Waals surface area contributed by atoms with Crippen LogP contribution in [0.2, 0.25) is 0 Å². The molecule has 0 aliphatic heterocycles. The molecule has 5 heteroatoms. The van der Waals surface area contributed by atoms with E-state index in [1.54, 1.807) is 11.3 Å². The van der Waals surface area contributed by atoms with E-state index in [0.717, 1.165) is 4.88 Å². The Morgan fingerprint density at radius 3 is 2.59 bits per heavy atom. The second kappa shape index (κ2) is 3.54. The van der Waals surface area contributed by atoms with Crippen LogP contribution < -0.4 is 5.14 Å². The minimum absolute atomic E-state index is 0.561. The average Bonchev–Trinajstić information content (AvgIpc) is 2.92. The lowest BCUT2D eigenvalue weighted by atomic mass is 10.2. The van der Waals surface area contributed by atoms with E-state index < -0.39 is 14.8 Å². The maximum atomic E-state index is 11.5. The van der Waals surface area contributed by atoms with Gasteiger partial charge in [-0.1, -0.05) is 18.2 Å². The summed E-state index contributed by atoms with van der Waals surface area (Å²) in [6.07, 6.45) is 1.95. The van der Waals surface area contributed by atoms with Gasteiger partial charge in [-0.2, -0.15) is 0 Å². The molecule has 1 aromatic heterocycles. The van der Waals surface area contributed by atoms with Gasteiger partial charge in [-0.15, -0.1) is 11.3 Å². The Labute approximate surface area is 104 Å². The fourth-order valence-electron chi connectivity index (χ4n) is 2.14. The van der Waals surface area contributed by atoms with Crippen LogP contribution in [0.25, 0.3) is 10.1 Å². The molecule has 0 radical (unpaired) electrons. The van der Waals surface area contributed by atoms with Gasteiger partial charge in [-0.25, -0.2) is 13.6 Å². The Hall–Kier alpha value is -0.910. The number of fused-ring (bicyclic) bond motifs is 1. The van der Waals surface area contributed by atoms with Gasteiger partial charge >= 0.3 is 0 Å². The van der Waals surface area contributed by atoms with Crippen LogP contribution in [-0.2, 0) is 16.4 Å². The van der Waals surface area contributed by atoms with Gasteiger partial charge in [0, 0.05) is 16.0 Å². The Bertz CT molecular complexity index is 636. The molecule has 0 atom stereocenters. The molecule has 0 amide bonds. The van der Waals surface area contributed by atoms with E-state index in [9.17, 15) is 8.42 Å². The maximum Gasteiger partial charge on any atom is 0.215 e. The predicted octanol–water partition coefficient (Wildman–Crippen LogP) is 2.26. The number of thiophene rings is 1. The van der Waals surface area contributed by atoms with Crippen LogP contribution in [0.3, 0.4) is 0 Å². The van der Waals surface area contributed by atoms with Gasteiger partial charge in [-0.3, -0.25) is 0 Å². The summed E-state index contributed by atoms with van der Waals surface area (Å²) in [4.78, 5) is 1.11. The van der Waals surface area contributed by atoms with Gasteiger partial charge < -0.3 is 0 Å². The molecule has 0 bridgehead atoms. The number of nitrogens with two attached hydrogens (primary N) is 1. The van der Waals surface area contributed by atoms with E-state index in [1.807, 2.05) is 18.2 Å². The Morgan fingerprint density at radius 1 is 1.29 bits per heavy atom. The van der Waals surface area contributed by atoms with Gasteiger partial charge in [0.25, 0.3) is 0 Å². The molecule has 1 fully saturated rings. The highest BCUT2D eigenvalue weighted by Gasteiger charge is 2.52. The molecule has 3 nitrogen and oxygen atoms in total. The topological polar surface area (TPSA) is 60.2 Å². The van der Waals surface area contributed by atoms with E-state index in [0.29, 0.717) is 19.3 Å². The van der Waals surface area contributed by atoms with Crippen molar-refractivity contribution in [3.8, 4) is 0 Å². The van der Waals surface area contributed by atoms with Crippen LogP contribution >= 0.6 is 11.3 Å². The van der Waals surface area contributed by atoms with Crippen molar-refractivity contribution < 1.29 is 8.42 Å². The Kier molecular flexibility index (Phi) is 2.33. The molecule has 0 spiro atoms. The van der Waals surface area contributed by atoms with Gasteiger partial charge in [0.15, 0.2) is 0 Å². The Balaban J connectivity index is 1.96. The van der Waals surface area contributed by atoms with E-state index >= 15 is 0 Å². The fourth-order valence-corrected chi connectivity index (χ4v) is 4.47. The van der Waals surface area contributed by atoms with Gasteiger partial charge in [0.05, 0.1) is 4.75 Å². The standard InChI is InChI=1S/C12H13NO2S2/c13-17(14,15)12(5-6-12)8-10-7-9-3-1-2-4-11(9)16-10/h1-4,7H,5-6,8H2,(H2,13,14,15). The van der Waals surface area contributed by atoms with Crippen molar-refractivity contribution in [2.75, 3.05) is 0 Å². The first-order valence-corrected chi connectivity index (χ1v) is 7.86. The van der Waals surface area contributed by atoms with E-state index in [4.69, 9.17) is 5.14 Å². The smallest absolute Gasteiger partial charge is 0.215 e. The minimum atomic E-state index is -3.42. The van der Waals surface area contributed by atoms with Crippen LogP contribution in [0.4, 0.5) is 0 Å². The van der Waals surface area contributed by atoms with Crippen molar-refractivity contribution >= 4 is 31.4 Å². The summed E-state index contributed by atoms with van der Waals surface area (Å²) in [6.45, 7) is 0. The SMILES string of the molecule is NS(=O)(=O)C1(Cc2cc3ccccc3s2)CC1. The summed E-state index contributed by atoms with van der Waals surface area (Å²) in [5.74, 6) is 0. The van der Waals surface area contributed by atoms with Gasteiger partial charge in [-0.05, 0) is 30.4 Å². The van der Waals surface area contributed by atoms with Crippen LogP contribution in [0.1, 0.15) is 17.7 Å². The van der Waals surface area contributed by atoms with E-state index in [-0.39, 0.29) is 0 Å². The molecule has 0 saturated heterocycles. The Morgan fingerprint density at radius 2 is 2.00 bits per heavy atom. The summed E-state index contributed by atoms with van der Waals surface area (Å²) in [5, 5.41) is 6.47. The van der Waals surface area contributed by atoms with Crippen LogP contribution in [-0.4, -0.2) is 13.2 Å². The summed E-state index contributed by atoms with van der Waals surface area (Å²) in [7, 11) is -3.42. The average molecular weight is 267 g/mol. The maximum absolute atomic E-state index is 11.5. The predicted molar refractivity (Wildman–Crippen MR) is 70.6 cm³/mol. The molecule has 2 aromatic rings. The van der Waals surface area contributed by atoms with E-state index in [1.165, 1.54) is 10.1 Å². The lowest BCUT2D eigenvalue weighted by Crippen LogP contribution is -2.32. The molecular formula is C12H13NO2S2. The number of sulfonamides is 1. The highest BCUT2D eigenvalue weighted by molar-refractivity contribution is 7.90. The lowest BCUT2D eigenvalue weighted by molar-refractivity contribution is 0.577. The zero-order chi connectivity index (χ0) is 12.1. The summed E-state index contributed by atoms with van der Waals surface area (Å²) >= 11 is 1.66. The molecule has 1 aliphatic rings. The quantitative estimate of drug-likeness (QED) is 0.927. The third-order valence-electron chi connectivity index (χ3n) is 3.38. The molecule has 1 saturated carbocycles. The molecule has 1 aromatic carbocycles. The largest absolute Gasteiger partial charge is 0.228 e. The summed E-state index contributed by atoms with van der Waals surface area (Å²) in [6, 6.07) is 10.2. The van der Waals surface area contributed by atoms with Crippen LogP contribution in [0, 0.1) is 0 Å². The lowest BCUT2D eigenvalue weighted by Gasteiger charge is -2.10. The number of rotatable bonds is 3. The first-order valence-electron chi connectivity index (χ1n) is 5.50. The molecule has 17 heavy (non-hydrogen) atoms. The van der Waals surface area contributed by atoms with Gasteiger partial charge in [0.2, 0.25) is 10.0 Å². The third kappa shape index (κ3) is 1.88. The second-order valence-electron chi connectivity index (χ2n) is 4.66.